The van der Waals surface area contributed by atoms with Gasteiger partial charge in [0.15, 0.2) is 0 Å². The monoisotopic (exact) mass is 493 g/mol. The van der Waals surface area contributed by atoms with Crippen LogP contribution in [0, 0.1) is 0 Å². The molecule has 0 aliphatic carbocycles. The maximum absolute atomic E-state index is 6.24. The predicted molar refractivity (Wildman–Crippen MR) is 147 cm³/mol. The van der Waals surface area contributed by atoms with E-state index in [0.29, 0.717) is 0 Å². The lowest BCUT2D eigenvalue weighted by molar-refractivity contribution is 0.162. The molecule has 5 aromatic rings. The lowest BCUT2D eigenvalue weighted by Gasteiger charge is -2.28. The minimum absolute atomic E-state index is 0.243. The van der Waals surface area contributed by atoms with Crippen LogP contribution < -0.4 is 15.0 Å². The van der Waals surface area contributed by atoms with Crippen molar-refractivity contribution in [2.45, 2.75) is 38.2 Å². The van der Waals surface area contributed by atoms with E-state index in [1.165, 1.54) is 30.3 Å². The van der Waals surface area contributed by atoms with Crippen LogP contribution in [0.2, 0.25) is 0 Å². The molecule has 2 aliphatic heterocycles. The number of nitrogens with one attached hydrogen (secondary N) is 3. The van der Waals surface area contributed by atoms with Gasteiger partial charge in [0.2, 0.25) is 0 Å². The zero-order valence-electron chi connectivity index (χ0n) is 20.8. The number of hydrogen-bond acceptors (Lipinski definition) is 6. The van der Waals surface area contributed by atoms with Crippen LogP contribution in [-0.4, -0.2) is 57.4 Å². The fourth-order valence-corrected chi connectivity index (χ4v) is 5.70. The van der Waals surface area contributed by atoms with Gasteiger partial charge in [-0.2, -0.15) is 5.10 Å². The molecule has 8 nitrogen and oxygen atoms in total. The molecule has 3 N–H and O–H groups in total. The van der Waals surface area contributed by atoms with Crippen LogP contribution in [0.25, 0.3) is 44.3 Å². The van der Waals surface area contributed by atoms with Crippen molar-refractivity contribution in [3.8, 4) is 28.3 Å². The van der Waals surface area contributed by atoms with E-state index < -0.39 is 0 Å². The average molecular weight is 494 g/mol. The summed E-state index contributed by atoms with van der Waals surface area (Å²) in [5.74, 6) is 0.824. The summed E-state index contributed by atoms with van der Waals surface area (Å²) in [6, 6.07) is 10.7. The van der Waals surface area contributed by atoms with E-state index in [2.05, 4.69) is 60.6 Å². The van der Waals surface area contributed by atoms with E-state index in [-0.39, 0.29) is 6.10 Å². The summed E-state index contributed by atoms with van der Waals surface area (Å²) in [5, 5.41) is 13.6. The average Bonchev–Trinajstić information content (AvgIpc) is 3.58. The summed E-state index contributed by atoms with van der Waals surface area (Å²) in [6.07, 6.45) is 13.7. The number of pyridine rings is 2. The van der Waals surface area contributed by atoms with Crippen LogP contribution in [0.3, 0.4) is 0 Å². The number of piperidine rings is 2. The molecule has 8 heteroatoms. The van der Waals surface area contributed by atoms with Crippen LogP contribution >= 0.6 is 0 Å². The SMILES string of the molecule is c1ncc(-c2ccc3[nH]nc(-c4cc5c(N6CCCCC6)cncc5[nH]4)c3c2)cc1OC1CCNCC1. The Labute approximate surface area is 215 Å². The molecule has 2 fully saturated rings. The molecule has 7 rings (SSSR count). The predicted octanol–water partition coefficient (Wildman–Crippen LogP) is 5.29. The molecule has 188 valence electrons. The third kappa shape index (κ3) is 4.31. The van der Waals surface area contributed by atoms with E-state index in [0.717, 1.165) is 83.7 Å². The van der Waals surface area contributed by atoms with Crippen LogP contribution in [-0.2, 0) is 0 Å². The molecule has 0 atom stereocenters. The Morgan fingerprint density at radius 3 is 2.57 bits per heavy atom. The molecule has 4 aromatic heterocycles. The molecule has 0 radical (unpaired) electrons. The second-order valence-electron chi connectivity index (χ2n) is 10.2. The van der Waals surface area contributed by atoms with E-state index in [4.69, 9.17) is 9.84 Å². The van der Waals surface area contributed by atoms with Gasteiger partial charge in [-0.25, -0.2) is 0 Å². The molecule has 2 saturated heterocycles. The van der Waals surface area contributed by atoms with Crippen molar-refractivity contribution in [1.82, 2.24) is 30.5 Å². The first-order valence-corrected chi connectivity index (χ1v) is 13.3. The first kappa shape index (κ1) is 22.3. The lowest BCUT2D eigenvalue weighted by Crippen LogP contribution is -2.34. The minimum Gasteiger partial charge on any atom is -0.489 e. The highest BCUT2D eigenvalue weighted by Gasteiger charge is 2.19. The van der Waals surface area contributed by atoms with Gasteiger partial charge in [-0.1, -0.05) is 6.07 Å². The number of benzene rings is 1. The Hall–Kier alpha value is -3.91. The molecule has 2 aliphatic rings. The van der Waals surface area contributed by atoms with Gasteiger partial charge in [-0.05, 0) is 75.0 Å². The molecule has 6 heterocycles. The third-order valence-corrected chi connectivity index (χ3v) is 7.67. The molecule has 0 amide bonds. The van der Waals surface area contributed by atoms with Crippen molar-refractivity contribution in [2.75, 3.05) is 31.1 Å². The Kier molecular flexibility index (Phi) is 5.74. The Balaban J connectivity index is 1.23. The van der Waals surface area contributed by atoms with E-state index in [1.54, 1.807) is 0 Å². The number of fused-ring (bicyclic) bond motifs is 2. The summed E-state index contributed by atoms with van der Waals surface area (Å²) < 4.78 is 6.24. The van der Waals surface area contributed by atoms with Crippen LogP contribution in [0.1, 0.15) is 32.1 Å². The third-order valence-electron chi connectivity index (χ3n) is 7.67. The summed E-state index contributed by atoms with van der Waals surface area (Å²) in [6.45, 7) is 4.18. The number of hydrogen-bond donors (Lipinski definition) is 3. The highest BCUT2D eigenvalue weighted by molar-refractivity contribution is 6.00. The number of rotatable bonds is 5. The second-order valence-corrected chi connectivity index (χ2v) is 10.2. The smallest absolute Gasteiger partial charge is 0.138 e. The van der Waals surface area contributed by atoms with Crippen molar-refractivity contribution < 1.29 is 4.74 Å². The maximum Gasteiger partial charge on any atom is 0.138 e. The van der Waals surface area contributed by atoms with Crippen LogP contribution in [0.5, 0.6) is 5.75 Å². The molecule has 0 unspecified atom stereocenters. The standard InChI is InChI=1S/C29H31N7O/c1-2-10-36(11-3-1)28-18-32-17-27-23(28)14-26(33-27)29-24-13-19(4-5-25(24)34-35-29)20-12-22(16-31-15-20)37-21-6-8-30-9-7-21/h4-5,12-18,21,30,33H,1-3,6-11H2,(H,34,35). The van der Waals surface area contributed by atoms with Gasteiger partial charge in [-0.15, -0.1) is 0 Å². The summed E-state index contributed by atoms with van der Waals surface area (Å²) in [4.78, 5) is 15.0. The number of H-pyrrole nitrogens is 2. The second kappa shape index (κ2) is 9.52. The Morgan fingerprint density at radius 1 is 0.811 bits per heavy atom. The molecule has 0 saturated carbocycles. The zero-order chi connectivity index (χ0) is 24.6. The van der Waals surface area contributed by atoms with Crippen LogP contribution in [0.15, 0.2) is 55.1 Å². The summed E-state index contributed by atoms with van der Waals surface area (Å²) in [7, 11) is 0. The Morgan fingerprint density at radius 2 is 1.68 bits per heavy atom. The molecular weight excluding hydrogens is 462 g/mol. The molecule has 0 spiro atoms. The van der Waals surface area contributed by atoms with Crippen molar-refractivity contribution in [3.05, 3.63) is 55.1 Å². The lowest BCUT2D eigenvalue weighted by atomic mass is 10.0. The Bertz CT molecular complexity index is 1540. The molecular formula is C29H31N7O. The zero-order valence-corrected chi connectivity index (χ0v) is 20.8. The van der Waals surface area contributed by atoms with E-state index >= 15 is 0 Å². The molecule has 1 aromatic carbocycles. The van der Waals surface area contributed by atoms with E-state index in [1.807, 2.05) is 24.8 Å². The van der Waals surface area contributed by atoms with Gasteiger partial charge in [-0.3, -0.25) is 15.1 Å². The topological polar surface area (TPSA) is 94.8 Å². The summed E-state index contributed by atoms with van der Waals surface area (Å²) >= 11 is 0. The van der Waals surface area contributed by atoms with Crippen molar-refractivity contribution in [1.29, 1.82) is 0 Å². The van der Waals surface area contributed by atoms with Gasteiger partial charge >= 0.3 is 0 Å². The first-order valence-electron chi connectivity index (χ1n) is 13.3. The fourth-order valence-electron chi connectivity index (χ4n) is 5.70. The number of nitrogens with zero attached hydrogens (tertiary/aromatic N) is 4. The van der Waals surface area contributed by atoms with Gasteiger partial charge < -0.3 is 19.9 Å². The first-order chi connectivity index (χ1) is 18.3. The quantitative estimate of drug-likeness (QED) is 0.308. The van der Waals surface area contributed by atoms with Crippen molar-refractivity contribution in [2.24, 2.45) is 0 Å². The van der Waals surface area contributed by atoms with Gasteiger partial charge in [0, 0.05) is 35.6 Å². The van der Waals surface area contributed by atoms with Crippen molar-refractivity contribution in [3.63, 3.8) is 0 Å². The van der Waals surface area contributed by atoms with E-state index in [9.17, 15) is 0 Å². The van der Waals surface area contributed by atoms with Crippen LogP contribution in [0.4, 0.5) is 5.69 Å². The van der Waals surface area contributed by atoms with Crippen molar-refractivity contribution >= 4 is 27.5 Å². The maximum atomic E-state index is 6.24. The fraction of sp³-hybridized carbons (Fsp3) is 0.345. The number of aromatic amines is 2. The van der Waals surface area contributed by atoms with Gasteiger partial charge in [0.25, 0.3) is 0 Å². The highest BCUT2D eigenvalue weighted by atomic mass is 16.5. The molecule has 37 heavy (non-hydrogen) atoms. The van der Waals surface area contributed by atoms with Gasteiger partial charge in [0.05, 0.1) is 41.0 Å². The summed E-state index contributed by atoms with van der Waals surface area (Å²) in [5.41, 5.74) is 7.27. The number of anilines is 1. The number of ether oxygens (including phenoxy) is 1. The highest BCUT2D eigenvalue weighted by Crippen LogP contribution is 2.35. The molecule has 0 bridgehead atoms. The number of aromatic nitrogens is 5. The van der Waals surface area contributed by atoms with Gasteiger partial charge in [0.1, 0.15) is 17.5 Å². The normalized spacial score (nSPS) is 17.0. The largest absolute Gasteiger partial charge is 0.489 e. The minimum atomic E-state index is 0.243.